The predicted molar refractivity (Wildman–Crippen MR) is 82.4 cm³/mol. The Morgan fingerprint density at radius 1 is 1.17 bits per heavy atom. The van der Waals surface area contributed by atoms with Gasteiger partial charge in [0.15, 0.2) is 0 Å². The van der Waals surface area contributed by atoms with Crippen molar-refractivity contribution in [3.05, 3.63) is 0 Å². The van der Waals surface area contributed by atoms with Crippen LogP contribution in [0.2, 0.25) is 0 Å². The van der Waals surface area contributed by atoms with Gasteiger partial charge in [-0.1, -0.05) is 15.9 Å². The standard InChI is InChI=1S/C14H21BrF3NO5/c1-13(2,3)24-11(21)10(19-12(22)14(16,17)18)8(5-6-15)7-9(20)23-4/h8,10H,5-7H2,1-4H3,(H,19,22)/t8-,10-/m1/s1. The van der Waals surface area contributed by atoms with Crippen molar-refractivity contribution < 1.29 is 37.0 Å². The monoisotopic (exact) mass is 419 g/mol. The van der Waals surface area contributed by atoms with Gasteiger partial charge in [0.2, 0.25) is 0 Å². The van der Waals surface area contributed by atoms with Crippen molar-refractivity contribution in [3.8, 4) is 0 Å². The van der Waals surface area contributed by atoms with Crippen LogP contribution in [0.5, 0.6) is 0 Å². The molecule has 1 amide bonds. The molecule has 6 nitrogen and oxygen atoms in total. The summed E-state index contributed by atoms with van der Waals surface area (Å²) in [7, 11) is 1.12. The molecule has 0 saturated carbocycles. The molecule has 0 radical (unpaired) electrons. The lowest BCUT2D eigenvalue weighted by Gasteiger charge is -2.29. The van der Waals surface area contributed by atoms with E-state index >= 15 is 0 Å². The van der Waals surface area contributed by atoms with Gasteiger partial charge >= 0.3 is 24.0 Å². The Hall–Kier alpha value is -1.32. The lowest BCUT2D eigenvalue weighted by Crippen LogP contribution is -2.52. The van der Waals surface area contributed by atoms with Gasteiger partial charge in [-0.25, -0.2) is 4.79 Å². The van der Waals surface area contributed by atoms with Crippen molar-refractivity contribution in [2.24, 2.45) is 5.92 Å². The maximum absolute atomic E-state index is 12.5. The van der Waals surface area contributed by atoms with Gasteiger partial charge in [-0.15, -0.1) is 0 Å². The molecule has 0 aliphatic heterocycles. The number of amides is 1. The summed E-state index contributed by atoms with van der Waals surface area (Å²) in [5, 5.41) is 1.93. The number of rotatable bonds is 7. The largest absolute Gasteiger partial charge is 0.471 e. The van der Waals surface area contributed by atoms with Crippen LogP contribution in [0.15, 0.2) is 0 Å². The number of nitrogens with one attached hydrogen (secondary N) is 1. The molecule has 0 aliphatic rings. The third-order valence-electron chi connectivity index (χ3n) is 2.81. The highest BCUT2D eigenvalue weighted by atomic mass is 79.9. The molecule has 0 rings (SSSR count). The molecule has 0 saturated heterocycles. The molecule has 0 aromatic rings. The Kier molecular flexibility index (Phi) is 8.73. The number of methoxy groups -OCH3 is 1. The lowest BCUT2D eigenvalue weighted by atomic mass is 9.93. The second-order valence-electron chi connectivity index (χ2n) is 6.00. The highest BCUT2D eigenvalue weighted by molar-refractivity contribution is 9.09. The van der Waals surface area contributed by atoms with Gasteiger partial charge in [0.1, 0.15) is 11.6 Å². The molecule has 2 atom stereocenters. The highest BCUT2D eigenvalue weighted by Crippen LogP contribution is 2.22. The summed E-state index contributed by atoms with van der Waals surface area (Å²) in [6.07, 6.45) is -5.36. The normalized spacial score (nSPS) is 14.5. The number of alkyl halides is 4. The van der Waals surface area contributed by atoms with E-state index in [0.717, 1.165) is 7.11 Å². The summed E-state index contributed by atoms with van der Waals surface area (Å²) in [6, 6.07) is -1.63. The van der Waals surface area contributed by atoms with Crippen molar-refractivity contribution in [2.75, 3.05) is 12.4 Å². The minimum atomic E-state index is -5.16. The molecule has 10 heteroatoms. The minimum absolute atomic E-state index is 0.150. The second-order valence-corrected chi connectivity index (χ2v) is 6.79. The van der Waals surface area contributed by atoms with Gasteiger partial charge in [-0.2, -0.15) is 13.2 Å². The zero-order chi connectivity index (χ0) is 19.1. The average molecular weight is 420 g/mol. The maximum Gasteiger partial charge on any atom is 0.471 e. The number of hydrogen-bond acceptors (Lipinski definition) is 5. The molecule has 0 heterocycles. The van der Waals surface area contributed by atoms with E-state index in [0.29, 0.717) is 5.33 Å². The first-order chi connectivity index (χ1) is 10.8. The fourth-order valence-electron chi connectivity index (χ4n) is 1.78. The zero-order valence-electron chi connectivity index (χ0n) is 13.8. The molecule has 140 valence electrons. The molecule has 0 aromatic carbocycles. The average Bonchev–Trinajstić information content (AvgIpc) is 2.40. The van der Waals surface area contributed by atoms with Gasteiger partial charge in [0, 0.05) is 11.2 Å². The molecule has 0 unspecified atom stereocenters. The van der Waals surface area contributed by atoms with Crippen LogP contribution in [0.3, 0.4) is 0 Å². The number of halogens is 4. The van der Waals surface area contributed by atoms with Crippen molar-refractivity contribution in [1.29, 1.82) is 0 Å². The molecule has 0 aromatic heterocycles. The fourth-order valence-corrected chi connectivity index (χ4v) is 2.37. The van der Waals surface area contributed by atoms with Crippen LogP contribution in [0.25, 0.3) is 0 Å². The van der Waals surface area contributed by atoms with Crippen LogP contribution in [0, 0.1) is 5.92 Å². The Morgan fingerprint density at radius 2 is 1.71 bits per heavy atom. The van der Waals surface area contributed by atoms with E-state index in [1.54, 1.807) is 5.32 Å². The first-order valence-electron chi connectivity index (χ1n) is 7.05. The summed E-state index contributed by atoms with van der Waals surface area (Å²) in [5.41, 5.74) is -0.970. The van der Waals surface area contributed by atoms with Crippen molar-refractivity contribution in [2.45, 2.75) is 51.4 Å². The zero-order valence-corrected chi connectivity index (χ0v) is 15.4. The van der Waals surface area contributed by atoms with Crippen molar-refractivity contribution in [3.63, 3.8) is 0 Å². The van der Waals surface area contributed by atoms with Crippen LogP contribution in [0.1, 0.15) is 33.6 Å². The topological polar surface area (TPSA) is 81.7 Å². The first-order valence-corrected chi connectivity index (χ1v) is 8.17. The molecule has 0 bridgehead atoms. The molecular weight excluding hydrogens is 399 g/mol. The van der Waals surface area contributed by atoms with Crippen molar-refractivity contribution >= 4 is 33.8 Å². The number of esters is 2. The van der Waals surface area contributed by atoms with Crippen LogP contribution >= 0.6 is 15.9 Å². The van der Waals surface area contributed by atoms with Gasteiger partial charge in [-0.3, -0.25) is 9.59 Å². The van der Waals surface area contributed by atoms with E-state index in [2.05, 4.69) is 20.7 Å². The molecule has 1 N–H and O–H groups in total. The van der Waals surface area contributed by atoms with E-state index in [1.807, 2.05) is 0 Å². The Balaban J connectivity index is 5.49. The van der Waals surface area contributed by atoms with E-state index < -0.39 is 41.6 Å². The second kappa shape index (κ2) is 9.24. The van der Waals surface area contributed by atoms with Crippen molar-refractivity contribution in [1.82, 2.24) is 5.32 Å². The Labute approximate surface area is 146 Å². The number of carbonyl (C=O) groups is 3. The molecule has 0 spiro atoms. The predicted octanol–water partition coefficient (Wildman–Crippen LogP) is 2.34. The quantitative estimate of drug-likeness (QED) is 0.505. The number of carbonyl (C=O) groups excluding carboxylic acids is 3. The fraction of sp³-hybridized carbons (Fsp3) is 0.786. The molecule has 0 fully saturated rings. The molecule has 0 aliphatic carbocycles. The number of hydrogen-bond donors (Lipinski definition) is 1. The molecular formula is C14H21BrF3NO5. The first kappa shape index (κ1) is 22.7. The summed E-state index contributed by atoms with van der Waals surface area (Å²) < 4.78 is 47.1. The lowest BCUT2D eigenvalue weighted by molar-refractivity contribution is -0.178. The Morgan fingerprint density at radius 3 is 2.08 bits per heavy atom. The van der Waals surface area contributed by atoms with Gasteiger partial charge in [0.25, 0.3) is 0 Å². The number of ether oxygens (including phenoxy) is 2. The molecule has 24 heavy (non-hydrogen) atoms. The third-order valence-corrected chi connectivity index (χ3v) is 3.27. The van der Waals surface area contributed by atoms with Crippen LogP contribution in [0.4, 0.5) is 13.2 Å². The van der Waals surface area contributed by atoms with Crippen LogP contribution in [-0.2, 0) is 23.9 Å². The van der Waals surface area contributed by atoms with Crippen LogP contribution in [-0.4, -0.2) is 48.1 Å². The summed E-state index contributed by atoms with van der Waals surface area (Å²) in [6.45, 7) is 4.61. The maximum atomic E-state index is 12.5. The Bertz CT molecular complexity index is 462. The van der Waals surface area contributed by atoms with E-state index in [1.165, 1.54) is 20.8 Å². The van der Waals surface area contributed by atoms with E-state index in [4.69, 9.17) is 4.74 Å². The smallest absolute Gasteiger partial charge is 0.469 e. The van der Waals surface area contributed by atoms with Gasteiger partial charge in [0.05, 0.1) is 13.5 Å². The van der Waals surface area contributed by atoms with Gasteiger partial charge in [-0.05, 0) is 27.2 Å². The third kappa shape index (κ3) is 8.51. The van der Waals surface area contributed by atoms with E-state index in [9.17, 15) is 27.6 Å². The summed E-state index contributed by atoms with van der Waals surface area (Å²) >= 11 is 3.11. The SMILES string of the molecule is COC(=O)C[C@@H](CCBr)[C@@H](NC(=O)C(F)(F)F)C(=O)OC(C)(C)C. The highest BCUT2D eigenvalue weighted by Gasteiger charge is 2.43. The van der Waals surface area contributed by atoms with Gasteiger partial charge < -0.3 is 14.8 Å². The minimum Gasteiger partial charge on any atom is -0.469 e. The van der Waals surface area contributed by atoms with Crippen LogP contribution < -0.4 is 5.32 Å². The summed E-state index contributed by atoms with van der Waals surface area (Å²) in [5.74, 6) is -4.95. The van der Waals surface area contributed by atoms with E-state index in [-0.39, 0.29) is 12.8 Å². The summed E-state index contributed by atoms with van der Waals surface area (Å²) in [4.78, 5) is 34.9.